The third-order valence-corrected chi connectivity index (χ3v) is 4.78. The maximum Gasteiger partial charge on any atom is 0.246 e. The first-order valence-corrected chi connectivity index (χ1v) is 8.24. The smallest absolute Gasteiger partial charge is 0.246 e. The van der Waals surface area contributed by atoms with Crippen LogP contribution in [0, 0.1) is 0 Å². The van der Waals surface area contributed by atoms with E-state index < -0.39 is 0 Å². The SMILES string of the molecule is CN(C)C(=O)/C=C/c1ccc2[nH]cc(C[C@H]3CCCN3C)c2c1. The van der Waals surface area contributed by atoms with E-state index >= 15 is 0 Å². The molecule has 0 radical (unpaired) electrons. The first kappa shape index (κ1) is 15.8. The molecule has 1 fully saturated rings. The molecule has 1 aromatic heterocycles. The number of H-pyrrole nitrogens is 1. The van der Waals surface area contributed by atoms with Crippen LogP contribution in [-0.4, -0.2) is 54.4 Å². The predicted octanol–water partition coefficient (Wildman–Crippen LogP) is 2.91. The Labute approximate surface area is 137 Å². The molecule has 0 saturated carbocycles. The summed E-state index contributed by atoms with van der Waals surface area (Å²) in [5.41, 5.74) is 3.60. The molecule has 0 unspecified atom stereocenters. The summed E-state index contributed by atoms with van der Waals surface area (Å²) in [4.78, 5) is 19.1. The Hall–Kier alpha value is -2.07. The minimum Gasteiger partial charge on any atom is -0.361 e. The van der Waals surface area contributed by atoms with Crippen molar-refractivity contribution in [1.29, 1.82) is 0 Å². The fraction of sp³-hybridized carbons (Fsp3) is 0.421. The molecule has 1 aliphatic heterocycles. The van der Waals surface area contributed by atoms with Gasteiger partial charge in [-0.3, -0.25) is 4.79 Å². The van der Waals surface area contributed by atoms with Crippen molar-refractivity contribution < 1.29 is 4.79 Å². The second-order valence-corrected chi connectivity index (χ2v) is 6.67. The Morgan fingerprint density at radius 3 is 2.96 bits per heavy atom. The normalized spacial score (nSPS) is 19.0. The highest BCUT2D eigenvalue weighted by Gasteiger charge is 2.22. The number of aromatic nitrogens is 1. The lowest BCUT2D eigenvalue weighted by Crippen LogP contribution is -2.26. The van der Waals surface area contributed by atoms with E-state index in [0.29, 0.717) is 6.04 Å². The van der Waals surface area contributed by atoms with Gasteiger partial charge in [-0.2, -0.15) is 0 Å². The molecule has 2 heterocycles. The van der Waals surface area contributed by atoms with Crippen LogP contribution in [0.25, 0.3) is 17.0 Å². The molecule has 1 atom stereocenters. The molecule has 23 heavy (non-hydrogen) atoms. The number of likely N-dealkylation sites (N-methyl/N-ethyl adjacent to an activating group) is 2. The second-order valence-electron chi connectivity index (χ2n) is 6.67. The largest absolute Gasteiger partial charge is 0.361 e. The van der Waals surface area contributed by atoms with Crippen LogP contribution in [0.2, 0.25) is 0 Å². The summed E-state index contributed by atoms with van der Waals surface area (Å²) < 4.78 is 0. The number of hydrogen-bond acceptors (Lipinski definition) is 2. The van der Waals surface area contributed by atoms with Gasteiger partial charge in [0.1, 0.15) is 0 Å². The lowest BCUT2D eigenvalue weighted by Gasteiger charge is -2.18. The van der Waals surface area contributed by atoms with Crippen molar-refractivity contribution in [3.05, 3.63) is 41.6 Å². The standard InChI is InChI=1S/C19H25N3O/c1-21(2)19(23)9-7-14-6-8-18-17(11-14)15(13-20-18)12-16-5-4-10-22(16)3/h6-9,11,13,16,20H,4-5,10,12H2,1-3H3/b9-7+/t16-/m1/s1. The summed E-state index contributed by atoms with van der Waals surface area (Å²) in [6, 6.07) is 6.96. The Morgan fingerprint density at radius 1 is 1.43 bits per heavy atom. The first-order chi connectivity index (χ1) is 11.0. The topological polar surface area (TPSA) is 39.3 Å². The van der Waals surface area contributed by atoms with Crippen LogP contribution in [-0.2, 0) is 11.2 Å². The molecular formula is C19H25N3O. The fourth-order valence-corrected chi connectivity index (χ4v) is 3.28. The highest BCUT2D eigenvalue weighted by molar-refractivity contribution is 5.92. The van der Waals surface area contributed by atoms with Gasteiger partial charge in [-0.1, -0.05) is 6.07 Å². The molecular weight excluding hydrogens is 286 g/mol. The summed E-state index contributed by atoms with van der Waals surface area (Å²) in [6.45, 7) is 1.20. The van der Waals surface area contributed by atoms with E-state index in [0.717, 1.165) is 17.5 Å². The van der Waals surface area contributed by atoms with Crippen LogP contribution in [0.3, 0.4) is 0 Å². The Morgan fingerprint density at radius 2 is 2.26 bits per heavy atom. The first-order valence-electron chi connectivity index (χ1n) is 8.24. The highest BCUT2D eigenvalue weighted by atomic mass is 16.2. The minimum absolute atomic E-state index is 0.00645. The summed E-state index contributed by atoms with van der Waals surface area (Å²) in [5, 5.41) is 1.27. The molecule has 0 bridgehead atoms. The molecule has 1 aliphatic rings. The molecule has 1 N–H and O–H groups in total. The summed E-state index contributed by atoms with van der Waals surface area (Å²) in [6.07, 6.45) is 9.30. The van der Waals surface area contributed by atoms with Gasteiger partial charge in [0.25, 0.3) is 0 Å². The number of likely N-dealkylation sites (tertiary alicyclic amines) is 1. The van der Waals surface area contributed by atoms with Gasteiger partial charge in [-0.25, -0.2) is 0 Å². The number of nitrogens with zero attached hydrogens (tertiary/aromatic N) is 2. The lowest BCUT2D eigenvalue weighted by atomic mass is 10.0. The molecule has 1 amide bonds. The summed E-state index contributed by atoms with van der Waals surface area (Å²) >= 11 is 0. The molecule has 3 rings (SSSR count). The van der Waals surface area contributed by atoms with E-state index in [1.54, 1.807) is 25.1 Å². The number of carbonyl (C=O) groups is 1. The number of aromatic amines is 1. The number of rotatable bonds is 4. The number of amides is 1. The van der Waals surface area contributed by atoms with Crippen LogP contribution in [0.5, 0.6) is 0 Å². The monoisotopic (exact) mass is 311 g/mol. The number of hydrogen-bond donors (Lipinski definition) is 1. The van der Waals surface area contributed by atoms with Crippen molar-refractivity contribution in [3.63, 3.8) is 0 Å². The van der Waals surface area contributed by atoms with Crippen LogP contribution < -0.4 is 0 Å². The van der Waals surface area contributed by atoms with Crippen LogP contribution >= 0.6 is 0 Å². The fourth-order valence-electron chi connectivity index (χ4n) is 3.28. The van der Waals surface area contributed by atoms with Gasteiger partial charge in [-0.15, -0.1) is 0 Å². The van der Waals surface area contributed by atoms with E-state index in [9.17, 15) is 4.79 Å². The van der Waals surface area contributed by atoms with Crippen molar-refractivity contribution in [2.75, 3.05) is 27.7 Å². The number of nitrogens with one attached hydrogen (secondary N) is 1. The Balaban J connectivity index is 1.83. The third-order valence-electron chi connectivity index (χ3n) is 4.78. The maximum absolute atomic E-state index is 11.7. The van der Waals surface area contributed by atoms with Gasteiger partial charge in [0.2, 0.25) is 5.91 Å². The molecule has 4 nitrogen and oxygen atoms in total. The van der Waals surface area contributed by atoms with Crippen molar-refractivity contribution in [2.45, 2.75) is 25.3 Å². The van der Waals surface area contributed by atoms with Crippen molar-refractivity contribution >= 4 is 22.9 Å². The Bertz CT molecular complexity index is 729. The summed E-state index contributed by atoms with van der Waals surface area (Å²) in [5.74, 6) is 0.00645. The number of fused-ring (bicyclic) bond motifs is 1. The highest BCUT2D eigenvalue weighted by Crippen LogP contribution is 2.25. The van der Waals surface area contributed by atoms with Crippen molar-refractivity contribution in [2.24, 2.45) is 0 Å². The van der Waals surface area contributed by atoms with E-state index in [2.05, 4.69) is 35.3 Å². The van der Waals surface area contributed by atoms with Gasteiger partial charge >= 0.3 is 0 Å². The van der Waals surface area contributed by atoms with Gasteiger partial charge in [0.05, 0.1) is 0 Å². The van der Waals surface area contributed by atoms with E-state index in [-0.39, 0.29) is 5.91 Å². The van der Waals surface area contributed by atoms with E-state index in [1.165, 1.54) is 30.3 Å². The van der Waals surface area contributed by atoms with Crippen LogP contribution in [0.4, 0.5) is 0 Å². The third kappa shape index (κ3) is 3.48. The minimum atomic E-state index is 0.00645. The van der Waals surface area contributed by atoms with Crippen molar-refractivity contribution in [3.8, 4) is 0 Å². The second kappa shape index (κ2) is 6.59. The zero-order valence-electron chi connectivity index (χ0n) is 14.2. The zero-order valence-corrected chi connectivity index (χ0v) is 14.2. The molecule has 0 spiro atoms. The van der Waals surface area contributed by atoms with Gasteiger partial charge in [0, 0.05) is 43.3 Å². The molecule has 4 heteroatoms. The molecule has 0 aliphatic carbocycles. The van der Waals surface area contributed by atoms with Crippen molar-refractivity contribution in [1.82, 2.24) is 14.8 Å². The lowest BCUT2D eigenvalue weighted by molar-refractivity contribution is -0.123. The van der Waals surface area contributed by atoms with Crippen LogP contribution in [0.15, 0.2) is 30.5 Å². The predicted molar refractivity (Wildman–Crippen MR) is 95.4 cm³/mol. The maximum atomic E-state index is 11.7. The average Bonchev–Trinajstić information content (AvgIpc) is 3.12. The van der Waals surface area contributed by atoms with E-state index in [1.807, 2.05) is 12.1 Å². The van der Waals surface area contributed by atoms with Crippen LogP contribution in [0.1, 0.15) is 24.0 Å². The number of benzene rings is 1. The summed E-state index contributed by atoms with van der Waals surface area (Å²) in [7, 11) is 5.74. The molecule has 122 valence electrons. The van der Waals surface area contributed by atoms with Gasteiger partial charge in [-0.05, 0) is 62.2 Å². The average molecular weight is 311 g/mol. The molecule has 1 saturated heterocycles. The zero-order chi connectivity index (χ0) is 16.4. The molecule has 1 aromatic carbocycles. The van der Waals surface area contributed by atoms with E-state index in [4.69, 9.17) is 0 Å². The van der Waals surface area contributed by atoms with Gasteiger partial charge in [0.15, 0.2) is 0 Å². The Kier molecular flexibility index (Phi) is 4.53. The quantitative estimate of drug-likeness (QED) is 0.882. The molecule has 2 aromatic rings. The number of carbonyl (C=O) groups excluding carboxylic acids is 1. The van der Waals surface area contributed by atoms with Gasteiger partial charge < -0.3 is 14.8 Å².